The minimum atomic E-state index is -0.260. The number of rotatable bonds is 9. The molecule has 1 saturated heterocycles. The number of anilines is 1. The van der Waals surface area contributed by atoms with Gasteiger partial charge in [-0.25, -0.2) is 4.39 Å². The predicted molar refractivity (Wildman–Crippen MR) is 136 cm³/mol. The summed E-state index contributed by atoms with van der Waals surface area (Å²) in [6.45, 7) is 5.25. The minimum absolute atomic E-state index is 0.0779. The van der Waals surface area contributed by atoms with Gasteiger partial charge in [0.1, 0.15) is 36.3 Å². The molecule has 0 aliphatic carbocycles. The van der Waals surface area contributed by atoms with Gasteiger partial charge in [-0.2, -0.15) is 0 Å². The molecule has 0 N–H and O–H groups in total. The molecule has 0 spiro atoms. The second-order valence-electron chi connectivity index (χ2n) is 9.30. The number of benzene rings is 3. The van der Waals surface area contributed by atoms with Crippen LogP contribution in [0.3, 0.4) is 0 Å². The number of ether oxygens (including phenoxy) is 3. The topological polar surface area (TPSA) is 34.2 Å². The molecule has 5 rings (SSSR count). The Morgan fingerprint density at radius 3 is 2.37 bits per heavy atom. The van der Waals surface area contributed by atoms with Gasteiger partial charge in [0, 0.05) is 19.2 Å². The summed E-state index contributed by atoms with van der Waals surface area (Å²) in [4.78, 5) is 4.71. The molecule has 3 aromatic carbocycles. The summed E-state index contributed by atoms with van der Waals surface area (Å²) >= 11 is 0. The highest BCUT2D eigenvalue weighted by molar-refractivity contribution is 5.61. The lowest BCUT2D eigenvalue weighted by atomic mass is 10.0. The Hall–Kier alpha value is -3.25. The number of methoxy groups -OCH3 is 1. The van der Waals surface area contributed by atoms with Crippen LogP contribution in [0.2, 0.25) is 0 Å². The van der Waals surface area contributed by atoms with Crippen LogP contribution in [0.25, 0.3) is 0 Å². The lowest BCUT2D eigenvalue weighted by Gasteiger charge is -2.39. The van der Waals surface area contributed by atoms with E-state index >= 15 is 0 Å². The van der Waals surface area contributed by atoms with Crippen LogP contribution < -0.4 is 19.1 Å². The predicted octanol–water partition coefficient (Wildman–Crippen LogP) is 5.32. The van der Waals surface area contributed by atoms with E-state index in [1.165, 1.54) is 37.6 Å². The maximum Gasteiger partial charge on any atom is 0.142 e. The van der Waals surface area contributed by atoms with Gasteiger partial charge in [0.25, 0.3) is 0 Å². The van der Waals surface area contributed by atoms with E-state index in [0.29, 0.717) is 19.8 Å². The molecule has 1 fully saturated rings. The van der Waals surface area contributed by atoms with Gasteiger partial charge in [0.05, 0.1) is 18.8 Å². The fraction of sp³-hybridized carbons (Fsp3) is 0.379. The monoisotopic (exact) mass is 476 g/mol. The zero-order chi connectivity index (χ0) is 24.0. The van der Waals surface area contributed by atoms with Crippen molar-refractivity contribution in [3.05, 3.63) is 83.7 Å². The summed E-state index contributed by atoms with van der Waals surface area (Å²) in [5.41, 5.74) is 3.13. The molecule has 35 heavy (non-hydrogen) atoms. The Morgan fingerprint density at radius 1 is 0.914 bits per heavy atom. The molecule has 3 aromatic rings. The highest BCUT2D eigenvalue weighted by Gasteiger charge is 2.28. The number of fused-ring (bicyclic) bond motifs is 1. The standard InChI is InChI=1S/C29H33FN2O3/c1-33-26-9-4-22(5-10-26)18-25-21-35-29-13-8-24(30)19-28(29)32(25)20-23-6-11-27(12-7-23)34-17-16-31-14-2-3-15-31/h4-13,19,25H,2-3,14-18,20-21H2,1H3/t25-/m0/s1. The molecular formula is C29H33FN2O3. The lowest BCUT2D eigenvalue weighted by molar-refractivity contribution is 0.237. The third-order valence-electron chi connectivity index (χ3n) is 6.88. The molecule has 0 saturated carbocycles. The van der Waals surface area contributed by atoms with Gasteiger partial charge in [0.2, 0.25) is 0 Å². The highest BCUT2D eigenvalue weighted by Crippen LogP contribution is 2.36. The van der Waals surface area contributed by atoms with E-state index in [4.69, 9.17) is 14.2 Å². The Bertz CT molecular complexity index is 1100. The molecule has 1 atom stereocenters. The molecule has 2 heterocycles. The molecule has 5 nitrogen and oxygen atoms in total. The van der Waals surface area contributed by atoms with Crippen molar-refractivity contribution in [3.63, 3.8) is 0 Å². The van der Waals surface area contributed by atoms with Crippen molar-refractivity contribution in [2.75, 3.05) is 44.9 Å². The molecule has 0 aromatic heterocycles. The third kappa shape index (κ3) is 5.88. The quantitative estimate of drug-likeness (QED) is 0.418. The normalized spacial score (nSPS) is 17.7. The Kier molecular flexibility index (Phi) is 7.38. The largest absolute Gasteiger partial charge is 0.497 e. The average Bonchev–Trinajstić information content (AvgIpc) is 3.40. The zero-order valence-electron chi connectivity index (χ0n) is 20.3. The van der Waals surface area contributed by atoms with Crippen molar-refractivity contribution < 1.29 is 18.6 Å². The van der Waals surface area contributed by atoms with Gasteiger partial charge in [-0.3, -0.25) is 4.90 Å². The Labute approximate surface area is 207 Å². The van der Waals surface area contributed by atoms with Crippen LogP contribution in [-0.4, -0.2) is 50.9 Å². The molecule has 0 radical (unpaired) electrons. The smallest absolute Gasteiger partial charge is 0.142 e. The van der Waals surface area contributed by atoms with Crippen molar-refractivity contribution in [1.82, 2.24) is 4.90 Å². The van der Waals surface area contributed by atoms with E-state index in [1.807, 2.05) is 24.3 Å². The Balaban J connectivity index is 1.29. The number of nitrogens with zero attached hydrogens (tertiary/aromatic N) is 2. The van der Waals surface area contributed by atoms with Crippen molar-refractivity contribution in [1.29, 1.82) is 0 Å². The number of halogens is 1. The van der Waals surface area contributed by atoms with Crippen LogP contribution in [0.4, 0.5) is 10.1 Å². The summed E-state index contributed by atoms with van der Waals surface area (Å²) in [6.07, 6.45) is 3.38. The van der Waals surface area contributed by atoms with E-state index in [2.05, 4.69) is 34.1 Å². The van der Waals surface area contributed by atoms with Gasteiger partial charge in [-0.05, 0) is 79.9 Å². The molecule has 0 bridgehead atoms. The average molecular weight is 477 g/mol. The van der Waals surface area contributed by atoms with Crippen molar-refractivity contribution in [2.24, 2.45) is 0 Å². The summed E-state index contributed by atoms with van der Waals surface area (Å²) in [5, 5.41) is 0. The zero-order valence-corrected chi connectivity index (χ0v) is 20.3. The van der Waals surface area contributed by atoms with E-state index < -0.39 is 0 Å². The van der Waals surface area contributed by atoms with Crippen LogP contribution in [0.5, 0.6) is 17.2 Å². The molecule has 2 aliphatic heterocycles. The van der Waals surface area contributed by atoms with Gasteiger partial charge in [0.15, 0.2) is 0 Å². The Morgan fingerprint density at radius 2 is 1.63 bits per heavy atom. The summed E-state index contributed by atoms with van der Waals surface area (Å²) < 4.78 is 31.5. The second-order valence-corrected chi connectivity index (χ2v) is 9.30. The van der Waals surface area contributed by atoms with E-state index in [-0.39, 0.29) is 11.9 Å². The lowest BCUT2D eigenvalue weighted by Crippen LogP contribution is -2.44. The van der Waals surface area contributed by atoms with E-state index in [0.717, 1.165) is 41.5 Å². The maximum absolute atomic E-state index is 14.2. The molecule has 184 valence electrons. The van der Waals surface area contributed by atoms with Crippen LogP contribution in [0.15, 0.2) is 66.7 Å². The van der Waals surface area contributed by atoms with Gasteiger partial charge in [-0.15, -0.1) is 0 Å². The van der Waals surface area contributed by atoms with Crippen molar-refractivity contribution in [3.8, 4) is 17.2 Å². The fourth-order valence-corrected chi connectivity index (χ4v) is 4.91. The number of hydrogen-bond donors (Lipinski definition) is 0. The first-order valence-electron chi connectivity index (χ1n) is 12.4. The van der Waals surface area contributed by atoms with Gasteiger partial charge in [-0.1, -0.05) is 24.3 Å². The minimum Gasteiger partial charge on any atom is -0.497 e. The molecule has 2 aliphatic rings. The van der Waals surface area contributed by atoms with Crippen LogP contribution in [-0.2, 0) is 13.0 Å². The summed E-state index contributed by atoms with van der Waals surface area (Å²) in [5.74, 6) is 2.18. The molecular weight excluding hydrogens is 443 g/mol. The second kappa shape index (κ2) is 11.0. The first-order valence-corrected chi connectivity index (χ1v) is 12.4. The SMILES string of the molecule is COc1ccc(C[C@H]2COc3ccc(F)cc3N2Cc2ccc(OCCN3CCCC3)cc2)cc1. The molecule has 6 heteroatoms. The number of likely N-dealkylation sites (tertiary alicyclic amines) is 1. The van der Waals surface area contributed by atoms with Crippen molar-refractivity contribution in [2.45, 2.75) is 31.8 Å². The van der Waals surface area contributed by atoms with Crippen LogP contribution >= 0.6 is 0 Å². The third-order valence-corrected chi connectivity index (χ3v) is 6.88. The molecule has 0 amide bonds. The van der Waals surface area contributed by atoms with Crippen LogP contribution in [0, 0.1) is 5.82 Å². The summed E-state index contributed by atoms with van der Waals surface area (Å²) in [7, 11) is 1.67. The number of hydrogen-bond acceptors (Lipinski definition) is 5. The first kappa shape index (κ1) is 23.5. The van der Waals surface area contributed by atoms with E-state index in [9.17, 15) is 4.39 Å². The van der Waals surface area contributed by atoms with Gasteiger partial charge < -0.3 is 19.1 Å². The molecule has 0 unspecified atom stereocenters. The fourth-order valence-electron chi connectivity index (χ4n) is 4.91. The van der Waals surface area contributed by atoms with Crippen molar-refractivity contribution >= 4 is 5.69 Å². The van der Waals surface area contributed by atoms with Crippen LogP contribution in [0.1, 0.15) is 24.0 Å². The first-order chi connectivity index (χ1) is 17.2. The highest BCUT2D eigenvalue weighted by atomic mass is 19.1. The summed E-state index contributed by atoms with van der Waals surface area (Å²) in [6, 6.07) is 21.2. The maximum atomic E-state index is 14.2. The van der Waals surface area contributed by atoms with Gasteiger partial charge >= 0.3 is 0 Å². The van der Waals surface area contributed by atoms with E-state index in [1.54, 1.807) is 19.2 Å².